The van der Waals surface area contributed by atoms with Crippen LogP contribution in [0, 0.1) is 11.3 Å². The molecule has 146 valence electrons. The number of tetrazole rings is 1. The first kappa shape index (κ1) is 18.8. The lowest BCUT2D eigenvalue weighted by Gasteiger charge is -2.10. The van der Waals surface area contributed by atoms with E-state index in [1.54, 1.807) is 48.5 Å². The third-order valence-corrected chi connectivity index (χ3v) is 4.28. The number of hydrogen-bond acceptors (Lipinski definition) is 6. The third-order valence-electron chi connectivity index (χ3n) is 4.28. The Morgan fingerprint density at radius 2 is 1.93 bits per heavy atom. The van der Waals surface area contributed by atoms with Gasteiger partial charge in [-0.25, -0.2) is 4.68 Å². The van der Waals surface area contributed by atoms with Crippen molar-refractivity contribution in [3.8, 4) is 17.5 Å². The molecule has 1 aromatic heterocycles. The Kier molecular flexibility index (Phi) is 5.44. The molecule has 0 aliphatic carbocycles. The summed E-state index contributed by atoms with van der Waals surface area (Å²) >= 11 is 0. The maximum atomic E-state index is 12.7. The highest BCUT2D eigenvalue weighted by Gasteiger charge is 2.09. The predicted octanol–water partition coefficient (Wildman–Crippen LogP) is 3.37. The zero-order chi connectivity index (χ0) is 20.8. The van der Waals surface area contributed by atoms with Crippen LogP contribution in [-0.4, -0.2) is 26.1 Å². The standard InChI is InChI=1S/C22H16N6O2/c23-13-16-4-1-5-17(10-16)14-30-21-9-3-7-19(12-21)25-22(29)18-6-2-8-20(11-18)28-15-24-26-27-28/h1-12,15H,14H2,(H,25,29). The number of anilines is 1. The summed E-state index contributed by atoms with van der Waals surface area (Å²) in [5.41, 5.74) is 3.24. The first-order chi connectivity index (χ1) is 14.7. The van der Waals surface area contributed by atoms with Gasteiger partial charge in [-0.3, -0.25) is 4.79 Å². The lowest BCUT2D eigenvalue weighted by Crippen LogP contribution is -2.12. The molecule has 1 N–H and O–H groups in total. The summed E-state index contributed by atoms with van der Waals surface area (Å²) in [6, 6.07) is 23.5. The Morgan fingerprint density at radius 3 is 2.77 bits per heavy atom. The molecule has 0 atom stereocenters. The van der Waals surface area contributed by atoms with Crippen LogP contribution in [-0.2, 0) is 6.61 Å². The number of nitriles is 1. The lowest BCUT2D eigenvalue weighted by atomic mass is 10.1. The Labute approximate surface area is 172 Å². The summed E-state index contributed by atoms with van der Waals surface area (Å²) in [6.45, 7) is 0.320. The van der Waals surface area contributed by atoms with Crippen LogP contribution < -0.4 is 10.1 Å². The molecule has 8 heteroatoms. The fourth-order valence-electron chi connectivity index (χ4n) is 2.83. The van der Waals surface area contributed by atoms with E-state index in [2.05, 4.69) is 26.9 Å². The van der Waals surface area contributed by atoms with Crippen LogP contribution in [0.15, 0.2) is 79.1 Å². The average Bonchev–Trinajstić information content (AvgIpc) is 3.33. The minimum atomic E-state index is -0.260. The van der Waals surface area contributed by atoms with Crippen molar-refractivity contribution in [2.45, 2.75) is 6.61 Å². The van der Waals surface area contributed by atoms with Crippen LogP contribution in [0.5, 0.6) is 5.75 Å². The van der Waals surface area contributed by atoms with Gasteiger partial charge in [0, 0.05) is 17.3 Å². The molecule has 0 spiro atoms. The third kappa shape index (κ3) is 4.48. The molecule has 30 heavy (non-hydrogen) atoms. The van der Waals surface area contributed by atoms with Crippen LogP contribution in [0.2, 0.25) is 0 Å². The van der Waals surface area contributed by atoms with Crippen LogP contribution in [0.4, 0.5) is 5.69 Å². The quantitative estimate of drug-likeness (QED) is 0.536. The van der Waals surface area contributed by atoms with Gasteiger partial charge in [-0.05, 0) is 58.5 Å². The highest BCUT2D eigenvalue weighted by atomic mass is 16.5. The Hall–Kier alpha value is -4.51. The molecule has 4 rings (SSSR count). The van der Waals surface area contributed by atoms with E-state index in [9.17, 15) is 4.79 Å². The summed E-state index contributed by atoms with van der Waals surface area (Å²) < 4.78 is 7.28. The Morgan fingerprint density at radius 1 is 1.07 bits per heavy atom. The molecule has 0 saturated heterocycles. The summed E-state index contributed by atoms with van der Waals surface area (Å²) in [4.78, 5) is 12.7. The zero-order valence-corrected chi connectivity index (χ0v) is 15.8. The maximum absolute atomic E-state index is 12.7. The van der Waals surface area contributed by atoms with Gasteiger partial charge in [0.1, 0.15) is 18.7 Å². The molecule has 3 aromatic carbocycles. The second-order valence-corrected chi connectivity index (χ2v) is 6.39. The van der Waals surface area contributed by atoms with Gasteiger partial charge in [-0.2, -0.15) is 5.26 Å². The number of hydrogen-bond donors (Lipinski definition) is 1. The Balaban J connectivity index is 1.43. The molecular weight excluding hydrogens is 380 g/mol. The molecule has 0 fully saturated rings. The fraction of sp³-hybridized carbons (Fsp3) is 0.0455. The monoisotopic (exact) mass is 396 g/mol. The number of amides is 1. The topological polar surface area (TPSA) is 106 Å². The molecule has 0 aliphatic rings. The SMILES string of the molecule is N#Cc1cccc(COc2cccc(NC(=O)c3cccc(-n4cnnn4)c3)c2)c1. The van der Waals surface area contributed by atoms with Gasteiger partial charge in [0.05, 0.1) is 17.3 Å². The number of ether oxygens (including phenoxy) is 1. The molecule has 0 unspecified atom stereocenters. The number of carbonyl (C=O) groups is 1. The van der Waals surface area contributed by atoms with Gasteiger partial charge in [0.25, 0.3) is 5.91 Å². The Bertz CT molecular complexity index is 1210. The van der Waals surface area contributed by atoms with Gasteiger partial charge >= 0.3 is 0 Å². The highest BCUT2D eigenvalue weighted by molar-refractivity contribution is 6.04. The molecule has 1 heterocycles. The zero-order valence-electron chi connectivity index (χ0n) is 15.8. The van der Waals surface area contributed by atoms with E-state index in [0.717, 1.165) is 5.56 Å². The summed E-state index contributed by atoms with van der Waals surface area (Å²) in [6.07, 6.45) is 1.46. The van der Waals surface area contributed by atoms with Crippen molar-refractivity contribution in [1.82, 2.24) is 20.2 Å². The van der Waals surface area contributed by atoms with E-state index < -0.39 is 0 Å². The van der Waals surface area contributed by atoms with E-state index in [4.69, 9.17) is 10.00 Å². The second-order valence-electron chi connectivity index (χ2n) is 6.39. The van der Waals surface area contributed by atoms with Crippen LogP contribution >= 0.6 is 0 Å². The molecule has 8 nitrogen and oxygen atoms in total. The average molecular weight is 396 g/mol. The largest absolute Gasteiger partial charge is 0.489 e. The van der Waals surface area contributed by atoms with Gasteiger partial charge in [-0.1, -0.05) is 24.3 Å². The van der Waals surface area contributed by atoms with Crippen molar-refractivity contribution < 1.29 is 9.53 Å². The van der Waals surface area contributed by atoms with E-state index in [0.29, 0.717) is 34.9 Å². The van der Waals surface area contributed by atoms with Gasteiger partial charge in [0.15, 0.2) is 0 Å². The van der Waals surface area contributed by atoms with Crippen LogP contribution in [0.1, 0.15) is 21.5 Å². The van der Waals surface area contributed by atoms with E-state index in [1.165, 1.54) is 11.0 Å². The first-order valence-corrected chi connectivity index (χ1v) is 9.08. The van der Waals surface area contributed by atoms with E-state index >= 15 is 0 Å². The number of rotatable bonds is 6. The normalized spacial score (nSPS) is 10.2. The molecule has 1 amide bonds. The van der Waals surface area contributed by atoms with Crippen LogP contribution in [0.3, 0.4) is 0 Å². The van der Waals surface area contributed by atoms with Crippen molar-refractivity contribution >= 4 is 11.6 Å². The summed E-state index contributed by atoms with van der Waals surface area (Å²) in [5.74, 6) is 0.349. The molecule has 0 aliphatic heterocycles. The number of aromatic nitrogens is 4. The molecule has 0 saturated carbocycles. The fourth-order valence-corrected chi connectivity index (χ4v) is 2.83. The molecule has 0 radical (unpaired) electrons. The maximum Gasteiger partial charge on any atom is 0.255 e. The van der Waals surface area contributed by atoms with Gasteiger partial charge in [-0.15, -0.1) is 5.10 Å². The second kappa shape index (κ2) is 8.67. The van der Waals surface area contributed by atoms with Gasteiger partial charge in [0.2, 0.25) is 0 Å². The van der Waals surface area contributed by atoms with Crippen molar-refractivity contribution in [2.24, 2.45) is 0 Å². The summed E-state index contributed by atoms with van der Waals surface area (Å²) in [7, 11) is 0. The van der Waals surface area contributed by atoms with Crippen molar-refractivity contribution in [3.05, 3.63) is 95.8 Å². The van der Waals surface area contributed by atoms with Gasteiger partial charge < -0.3 is 10.1 Å². The summed E-state index contributed by atoms with van der Waals surface area (Å²) in [5, 5.41) is 22.9. The predicted molar refractivity (Wildman–Crippen MR) is 109 cm³/mol. The van der Waals surface area contributed by atoms with Crippen molar-refractivity contribution in [3.63, 3.8) is 0 Å². The smallest absolute Gasteiger partial charge is 0.255 e. The number of nitrogens with one attached hydrogen (secondary N) is 1. The highest BCUT2D eigenvalue weighted by Crippen LogP contribution is 2.20. The lowest BCUT2D eigenvalue weighted by molar-refractivity contribution is 0.102. The van der Waals surface area contributed by atoms with E-state index in [-0.39, 0.29) is 5.91 Å². The van der Waals surface area contributed by atoms with Crippen molar-refractivity contribution in [1.29, 1.82) is 5.26 Å². The molecule has 0 bridgehead atoms. The molecular formula is C22H16N6O2. The molecule has 4 aromatic rings. The van der Waals surface area contributed by atoms with E-state index in [1.807, 2.05) is 24.3 Å². The minimum absolute atomic E-state index is 0.260. The number of nitrogens with zero attached hydrogens (tertiary/aromatic N) is 5. The van der Waals surface area contributed by atoms with Crippen molar-refractivity contribution in [2.75, 3.05) is 5.32 Å². The minimum Gasteiger partial charge on any atom is -0.489 e. The number of benzene rings is 3. The first-order valence-electron chi connectivity index (χ1n) is 9.08. The number of carbonyl (C=O) groups excluding carboxylic acids is 1. The van der Waals surface area contributed by atoms with Crippen LogP contribution in [0.25, 0.3) is 5.69 Å².